The Balaban J connectivity index is 1.36. The zero-order chi connectivity index (χ0) is 26.4. The first-order chi connectivity index (χ1) is 18.4. The van der Waals surface area contributed by atoms with Gasteiger partial charge in [-0.2, -0.15) is 5.10 Å². The number of piperidine rings is 1. The van der Waals surface area contributed by atoms with E-state index >= 15 is 0 Å². The van der Waals surface area contributed by atoms with E-state index in [1.807, 2.05) is 46.6 Å². The van der Waals surface area contributed by atoms with Gasteiger partial charge >= 0.3 is 0 Å². The molecule has 5 aromatic rings. The Morgan fingerprint density at radius 3 is 2.71 bits per heavy atom. The highest BCUT2D eigenvalue weighted by atomic mass is 16.5. The van der Waals surface area contributed by atoms with E-state index in [0.29, 0.717) is 28.6 Å². The number of pyridine rings is 1. The first kappa shape index (κ1) is 23.9. The fourth-order valence-corrected chi connectivity index (χ4v) is 5.21. The highest BCUT2D eigenvalue weighted by molar-refractivity contribution is 6.07. The van der Waals surface area contributed by atoms with Gasteiger partial charge in [0, 0.05) is 24.2 Å². The monoisotopic (exact) mass is 511 g/mol. The van der Waals surface area contributed by atoms with Crippen molar-refractivity contribution in [3.05, 3.63) is 54.7 Å². The lowest BCUT2D eigenvalue weighted by molar-refractivity contribution is 0.101. The largest absolute Gasteiger partial charge is 0.495 e. The van der Waals surface area contributed by atoms with Gasteiger partial charge in [0.1, 0.15) is 29.3 Å². The number of aromatic nitrogens is 6. The van der Waals surface area contributed by atoms with Crippen molar-refractivity contribution in [2.45, 2.75) is 18.9 Å². The predicted molar refractivity (Wildman–Crippen MR) is 146 cm³/mol. The van der Waals surface area contributed by atoms with Gasteiger partial charge in [0.25, 0.3) is 5.91 Å². The molecule has 0 saturated carbocycles. The maximum atomic E-state index is 13.2. The number of rotatable bonds is 5. The molecule has 194 valence electrons. The Morgan fingerprint density at radius 1 is 1.13 bits per heavy atom. The highest BCUT2D eigenvalue weighted by Crippen LogP contribution is 2.37. The van der Waals surface area contributed by atoms with Crippen LogP contribution in [0.25, 0.3) is 33.2 Å². The van der Waals surface area contributed by atoms with Gasteiger partial charge in [-0.3, -0.25) is 9.78 Å². The average molecular weight is 512 g/mol. The van der Waals surface area contributed by atoms with Crippen LogP contribution in [0.15, 0.2) is 49.1 Å². The van der Waals surface area contributed by atoms with Gasteiger partial charge in [0.15, 0.2) is 5.65 Å². The van der Waals surface area contributed by atoms with E-state index < -0.39 is 0 Å². The standard InChI is InChI=1S/C27H29N9O2/c1-34-10-7-18(8-11-34)36-26-23(25(28)30-15-31-26)24(33-36)17-4-5-19(22(13-17)38-3)32-27(37)20-12-16-6-9-29-14-21(16)35(20)2/h4-6,9,12-15,18H,7-8,10-11H2,1-3H3,(H,32,37)(H2,28,30,31). The molecule has 1 aliphatic rings. The summed E-state index contributed by atoms with van der Waals surface area (Å²) in [6.45, 7) is 1.99. The molecule has 3 N–H and O–H groups in total. The van der Waals surface area contributed by atoms with Crippen LogP contribution < -0.4 is 15.8 Å². The second kappa shape index (κ2) is 9.42. The maximum absolute atomic E-state index is 13.2. The molecular formula is C27H29N9O2. The van der Waals surface area contributed by atoms with Crippen LogP contribution in [0, 0.1) is 0 Å². The van der Waals surface area contributed by atoms with E-state index in [4.69, 9.17) is 15.6 Å². The number of nitrogens with zero attached hydrogens (tertiary/aromatic N) is 7. The zero-order valence-electron chi connectivity index (χ0n) is 21.5. The van der Waals surface area contributed by atoms with Crippen LogP contribution >= 0.6 is 0 Å². The average Bonchev–Trinajstić information content (AvgIpc) is 3.49. The van der Waals surface area contributed by atoms with E-state index in [2.05, 4.69) is 32.2 Å². The minimum Gasteiger partial charge on any atom is -0.495 e. The normalized spacial score (nSPS) is 14.8. The molecule has 0 radical (unpaired) electrons. The molecule has 0 spiro atoms. The van der Waals surface area contributed by atoms with Crippen molar-refractivity contribution in [2.75, 3.05) is 38.3 Å². The van der Waals surface area contributed by atoms with Gasteiger partial charge in [0.2, 0.25) is 0 Å². The number of carbonyl (C=O) groups excluding carboxylic acids is 1. The Morgan fingerprint density at radius 2 is 1.95 bits per heavy atom. The number of aryl methyl sites for hydroxylation is 1. The van der Waals surface area contributed by atoms with Crippen LogP contribution in [0.5, 0.6) is 5.75 Å². The van der Waals surface area contributed by atoms with Gasteiger partial charge < -0.3 is 25.3 Å². The Bertz CT molecular complexity index is 1660. The van der Waals surface area contributed by atoms with E-state index in [-0.39, 0.29) is 11.9 Å². The molecule has 11 heteroatoms. The summed E-state index contributed by atoms with van der Waals surface area (Å²) in [6.07, 6.45) is 6.90. The number of benzene rings is 1. The summed E-state index contributed by atoms with van der Waals surface area (Å²) in [4.78, 5) is 28.4. The number of fused-ring (bicyclic) bond motifs is 2. The molecule has 11 nitrogen and oxygen atoms in total. The highest BCUT2D eigenvalue weighted by Gasteiger charge is 2.25. The van der Waals surface area contributed by atoms with Crippen molar-refractivity contribution in [2.24, 2.45) is 7.05 Å². The lowest BCUT2D eigenvalue weighted by atomic mass is 10.1. The summed E-state index contributed by atoms with van der Waals surface area (Å²) < 4.78 is 9.49. The summed E-state index contributed by atoms with van der Waals surface area (Å²) in [5.41, 5.74) is 10.5. The van der Waals surface area contributed by atoms with Crippen molar-refractivity contribution >= 4 is 39.3 Å². The smallest absolute Gasteiger partial charge is 0.272 e. The summed E-state index contributed by atoms with van der Waals surface area (Å²) >= 11 is 0. The minimum atomic E-state index is -0.246. The van der Waals surface area contributed by atoms with Crippen LogP contribution in [-0.4, -0.2) is 67.4 Å². The molecule has 0 bridgehead atoms. The fraction of sp³-hybridized carbons (Fsp3) is 0.296. The van der Waals surface area contributed by atoms with Crippen LogP contribution in [0.2, 0.25) is 0 Å². The molecular weight excluding hydrogens is 482 g/mol. The Kier molecular flexibility index (Phi) is 5.91. The molecule has 6 rings (SSSR count). The van der Waals surface area contributed by atoms with E-state index in [1.165, 1.54) is 6.33 Å². The summed E-state index contributed by atoms with van der Waals surface area (Å²) in [5, 5.41) is 9.63. The number of anilines is 2. The summed E-state index contributed by atoms with van der Waals surface area (Å²) in [7, 11) is 5.55. The Hall–Kier alpha value is -4.51. The number of nitrogens with one attached hydrogen (secondary N) is 1. The number of amides is 1. The van der Waals surface area contributed by atoms with Crippen molar-refractivity contribution in [3.63, 3.8) is 0 Å². The van der Waals surface area contributed by atoms with Crippen molar-refractivity contribution in [1.29, 1.82) is 0 Å². The van der Waals surface area contributed by atoms with Crippen molar-refractivity contribution in [1.82, 2.24) is 34.2 Å². The third kappa shape index (κ3) is 4.01. The van der Waals surface area contributed by atoms with E-state index in [1.54, 1.807) is 19.5 Å². The first-order valence-electron chi connectivity index (χ1n) is 12.5. The van der Waals surface area contributed by atoms with Gasteiger partial charge in [-0.15, -0.1) is 0 Å². The Labute approximate surface area is 219 Å². The first-order valence-corrected chi connectivity index (χ1v) is 12.5. The lowest BCUT2D eigenvalue weighted by Crippen LogP contribution is -2.31. The topological polar surface area (TPSA) is 129 Å². The number of hydrogen-bond acceptors (Lipinski definition) is 8. The van der Waals surface area contributed by atoms with E-state index in [9.17, 15) is 4.79 Å². The van der Waals surface area contributed by atoms with E-state index in [0.717, 1.165) is 53.4 Å². The number of nitrogen functional groups attached to an aromatic ring is 1. The molecule has 0 aliphatic carbocycles. The maximum Gasteiger partial charge on any atom is 0.272 e. The molecule has 1 amide bonds. The quantitative estimate of drug-likeness (QED) is 0.367. The third-order valence-corrected chi connectivity index (χ3v) is 7.36. The fourth-order valence-electron chi connectivity index (χ4n) is 5.21. The van der Waals surface area contributed by atoms with Gasteiger partial charge in [0.05, 0.1) is 35.9 Å². The summed E-state index contributed by atoms with van der Waals surface area (Å²) in [5.74, 6) is 0.642. The van der Waals surface area contributed by atoms with Crippen LogP contribution in [0.4, 0.5) is 11.5 Å². The predicted octanol–water partition coefficient (Wildman–Crippen LogP) is 3.49. The molecule has 1 fully saturated rings. The molecule has 1 aromatic carbocycles. The van der Waals surface area contributed by atoms with Crippen LogP contribution in [0.3, 0.4) is 0 Å². The van der Waals surface area contributed by atoms with Gasteiger partial charge in [-0.05, 0) is 57.2 Å². The second-order valence-electron chi connectivity index (χ2n) is 9.68. The SMILES string of the molecule is COc1cc(-c2nn(C3CCN(C)CC3)c3ncnc(N)c23)ccc1NC(=O)c1cc2ccncc2n1C. The van der Waals surface area contributed by atoms with Crippen LogP contribution in [0.1, 0.15) is 29.4 Å². The third-order valence-electron chi connectivity index (χ3n) is 7.36. The molecule has 1 saturated heterocycles. The zero-order valence-corrected chi connectivity index (χ0v) is 21.5. The van der Waals surface area contributed by atoms with Crippen molar-refractivity contribution in [3.8, 4) is 17.0 Å². The van der Waals surface area contributed by atoms with Crippen molar-refractivity contribution < 1.29 is 9.53 Å². The molecule has 38 heavy (non-hydrogen) atoms. The number of likely N-dealkylation sites (tertiary alicyclic amines) is 1. The van der Waals surface area contributed by atoms with Crippen LogP contribution in [-0.2, 0) is 7.05 Å². The number of nitrogens with two attached hydrogens (primary N) is 1. The number of hydrogen-bond donors (Lipinski definition) is 2. The molecule has 5 heterocycles. The molecule has 0 unspecified atom stereocenters. The number of methoxy groups -OCH3 is 1. The van der Waals surface area contributed by atoms with Gasteiger partial charge in [-0.25, -0.2) is 14.6 Å². The molecule has 0 atom stereocenters. The number of carbonyl (C=O) groups is 1. The second-order valence-corrected chi connectivity index (χ2v) is 9.68. The summed E-state index contributed by atoms with van der Waals surface area (Å²) in [6, 6.07) is 9.53. The number of ether oxygens (including phenoxy) is 1. The molecule has 4 aromatic heterocycles. The van der Waals surface area contributed by atoms with Gasteiger partial charge in [-0.1, -0.05) is 6.07 Å². The minimum absolute atomic E-state index is 0.230. The lowest BCUT2D eigenvalue weighted by Gasteiger charge is -2.29. The molecule has 1 aliphatic heterocycles.